The number of benzene rings is 2. The first kappa shape index (κ1) is 23.3. The van der Waals surface area contributed by atoms with E-state index in [9.17, 15) is 26.8 Å². The van der Waals surface area contributed by atoms with Crippen molar-refractivity contribution < 1.29 is 26.8 Å². The highest BCUT2D eigenvalue weighted by Gasteiger charge is 2.34. The second-order valence-electron chi connectivity index (χ2n) is 8.38. The van der Waals surface area contributed by atoms with Gasteiger partial charge in [-0.25, -0.2) is 17.2 Å². The highest BCUT2D eigenvalue weighted by atomic mass is 32.2. The van der Waals surface area contributed by atoms with Gasteiger partial charge < -0.3 is 10.2 Å². The third-order valence-electron chi connectivity index (χ3n) is 6.13. The summed E-state index contributed by atoms with van der Waals surface area (Å²) < 4.78 is 54.9. The van der Waals surface area contributed by atoms with Crippen molar-refractivity contribution in [2.24, 2.45) is 5.92 Å². The molecule has 33 heavy (non-hydrogen) atoms. The number of hydrogen-bond donors (Lipinski definition) is 1. The summed E-state index contributed by atoms with van der Waals surface area (Å²) in [6.07, 6.45) is 2.36. The molecule has 1 atom stereocenters. The second-order valence-corrected chi connectivity index (χ2v) is 10.3. The Labute approximate surface area is 191 Å². The molecule has 4 rings (SSSR count). The largest absolute Gasteiger partial charge is 0.323 e. The van der Waals surface area contributed by atoms with Crippen LogP contribution in [0.2, 0.25) is 0 Å². The van der Waals surface area contributed by atoms with E-state index in [-0.39, 0.29) is 29.6 Å². The molecule has 2 amide bonds. The molecule has 176 valence electrons. The highest BCUT2D eigenvalue weighted by Crippen LogP contribution is 2.32. The molecule has 0 bridgehead atoms. The quantitative estimate of drug-likeness (QED) is 0.732. The summed E-state index contributed by atoms with van der Waals surface area (Å²) >= 11 is 0. The summed E-state index contributed by atoms with van der Waals surface area (Å²) in [6.45, 7) is 2.32. The van der Waals surface area contributed by atoms with Gasteiger partial charge in [0.2, 0.25) is 21.8 Å². The number of rotatable bonds is 4. The van der Waals surface area contributed by atoms with E-state index >= 15 is 0 Å². The Bertz CT molecular complexity index is 1200. The molecule has 1 fully saturated rings. The topological polar surface area (TPSA) is 86.8 Å². The molecule has 1 N–H and O–H groups in total. The number of piperidine rings is 1. The van der Waals surface area contributed by atoms with E-state index in [1.807, 2.05) is 0 Å². The molecule has 2 aliphatic heterocycles. The fraction of sp³-hybridized carbons (Fsp3) is 0.391. The monoisotopic (exact) mass is 477 g/mol. The van der Waals surface area contributed by atoms with Crippen molar-refractivity contribution >= 4 is 33.2 Å². The lowest BCUT2D eigenvalue weighted by atomic mass is 9.98. The molecule has 0 aromatic heterocycles. The van der Waals surface area contributed by atoms with Gasteiger partial charge in [-0.05, 0) is 61.6 Å². The van der Waals surface area contributed by atoms with Crippen LogP contribution in [0.1, 0.15) is 31.7 Å². The van der Waals surface area contributed by atoms with E-state index in [1.165, 1.54) is 17.3 Å². The van der Waals surface area contributed by atoms with Crippen molar-refractivity contribution in [2.45, 2.75) is 37.5 Å². The van der Waals surface area contributed by atoms with Crippen LogP contribution < -0.4 is 10.2 Å². The van der Waals surface area contributed by atoms with E-state index in [0.29, 0.717) is 31.9 Å². The van der Waals surface area contributed by atoms with Crippen molar-refractivity contribution in [3.63, 3.8) is 0 Å². The van der Waals surface area contributed by atoms with Gasteiger partial charge in [-0.15, -0.1) is 0 Å². The van der Waals surface area contributed by atoms with E-state index in [1.54, 1.807) is 17.0 Å². The minimum atomic E-state index is -3.86. The molecule has 2 heterocycles. The van der Waals surface area contributed by atoms with Crippen molar-refractivity contribution in [2.75, 3.05) is 29.9 Å². The third-order valence-corrected chi connectivity index (χ3v) is 7.99. The number of anilines is 2. The molecule has 1 saturated heterocycles. The number of amides is 2. The van der Waals surface area contributed by atoms with Crippen LogP contribution in [0.3, 0.4) is 0 Å². The Morgan fingerprint density at radius 1 is 1.06 bits per heavy atom. The van der Waals surface area contributed by atoms with Gasteiger partial charge in [0.1, 0.15) is 11.6 Å². The standard InChI is InChI=1S/C23H25F2N3O4S/c1-15(29)28-11-3-4-16-12-19(7-9-22(16)28)33(31,32)27-10-2-5-17(14-27)23(30)26-21-8-6-18(24)13-20(21)25/h6-9,12-13,17H,2-5,10-11,14H2,1H3,(H,26,30)/t17-/m1/s1. The van der Waals surface area contributed by atoms with Crippen molar-refractivity contribution in [1.29, 1.82) is 0 Å². The molecule has 0 aliphatic carbocycles. The van der Waals surface area contributed by atoms with Gasteiger partial charge in [0.25, 0.3) is 0 Å². The number of nitrogens with one attached hydrogen (secondary N) is 1. The molecular weight excluding hydrogens is 452 g/mol. The van der Waals surface area contributed by atoms with Crippen molar-refractivity contribution in [3.8, 4) is 0 Å². The lowest BCUT2D eigenvalue weighted by Crippen LogP contribution is -2.43. The summed E-state index contributed by atoms with van der Waals surface area (Å²) in [7, 11) is -3.86. The molecule has 2 aromatic rings. The van der Waals surface area contributed by atoms with Gasteiger partial charge in [-0.1, -0.05) is 0 Å². The van der Waals surface area contributed by atoms with Gasteiger partial charge in [-0.2, -0.15) is 4.31 Å². The van der Waals surface area contributed by atoms with Crippen LogP contribution >= 0.6 is 0 Å². The van der Waals surface area contributed by atoms with E-state index in [2.05, 4.69) is 5.32 Å². The molecule has 2 aliphatic rings. The highest BCUT2D eigenvalue weighted by molar-refractivity contribution is 7.89. The maximum Gasteiger partial charge on any atom is 0.243 e. The summed E-state index contributed by atoms with van der Waals surface area (Å²) in [6, 6.07) is 7.62. The molecule has 10 heteroatoms. The van der Waals surface area contributed by atoms with Crippen LogP contribution in [0.4, 0.5) is 20.2 Å². The van der Waals surface area contributed by atoms with Crippen LogP contribution in [-0.4, -0.2) is 44.2 Å². The van der Waals surface area contributed by atoms with Gasteiger partial charge in [0.15, 0.2) is 0 Å². The minimum Gasteiger partial charge on any atom is -0.323 e. The fourth-order valence-corrected chi connectivity index (χ4v) is 5.99. The number of aryl methyl sites for hydroxylation is 1. The number of carbonyl (C=O) groups is 2. The molecule has 0 saturated carbocycles. The normalized spacial score (nSPS) is 19.1. The van der Waals surface area contributed by atoms with Crippen LogP contribution in [-0.2, 0) is 26.0 Å². The molecular formula is C23H25F2N3O4S. The first-order valence-corrected chi connectivity index (χ1v) is 12.3. The minimum absolute atomic E-state index is 0.0341. The molecule has 0 spiro atoms. The second kappa shape index (κ2) is 9.18. The Hall–Kier alpha value is -2.85. The number of carbonyl (C=O) groups excluding carboxylic acids is 2. The predicted octanol–water partition coefficient (Wildman–Crippen LogP) is 3.30. The first-order valence-electron chi connectivity index (χ1n) is 10.8. The number of sulfonamides is 1. The van der Waals surface area contributed by atoms with Gasteiger partial charge >= 0.3 is 0 Å². The summed E-state index contributed by atoms with van der Waals surface area (Å²) in [4.78, 5) is 26.3. The predicted molar refractivity (Wildman–Crippen MR) is 119 cm³/mol. The number of nitrogens with zero attached hydrogens (tertiary/aromatic N) is 2. The van der Waals surface area contributed by atoms with Crippen molar-refractivity contribution in [1.82, 2.24) is 4.31 Å². The van der Waals surface area contributed by atoms with Crippen LogP contribution in [0, 0.1) is 17.6 Å². The lowest BCUT2D eigenvalue weighted by Gasteiger charge is -2.32. The van der Waals surface area contributed by atoms with Crippen LogP contribution in [0.5, 0.6) is 0 Å². The summed E-state index contributed by atoms with van der Waals surface area (Å²) in [5.74, 6) is -2.91. The smallest absolute Gasteiger partial charge is 0.243 e. The Kier molecular flexibility index (Phi) is 6.49. The van der Waals surface area contributed by atoms with Crippen LogP contribution in [0.25, 0.3) is 0 Å². The summed E-state index contributed by atoms with van der Waals surface area (Å²) in [5, 5.41) is 2.44. The van der Waals surface area contributed by atoms with Gasteiger partial charge in [-0.3, -0.25) is 9.59 Å². The maximum absolute atomic E-state index is 13.9. The van der Waals surface area contributed by atoms with E-state index in [0.717, 1.165) is 29.8 Å². The zero-order valence-electron chi connectivity index (χ0n) is 18.2. The number of fused-ring (bicyclic) bond motifs is 1. The number of halogens is 2. The Morgan fingerprint density at radius 2 is 1.85 bits per heavy atom. The van der Waals surface area contributed by atoms with Crippen molar-refractivity contribution in [3.05, 3.63) is 53.6 Å². The molecule has 2 aromatic carbocycles. The Morgan fingerprint density at radius 3 is 2.58 bits per heavy atom. The van der Waals surface area contributed by atoms with Gasteiger partial charge in [0, 0.05) is 38.3 Å². The van der Waals surface area contributed by atoms with E-state index < -0.39 is 33.5 Å². The third kappa shape index (κ3) is 4.77. The zero-order chi connectivity index (χ0) is 23.8. The van der Waals surface area contributed by atoms with Gasteiger partial charge in [0.05, 0.1) is 16.5 Å². The fourth-order valence-electron chi connectivity index (χ4n) is 4.41. The molecule has 7 nitrogen and oxygen atoms in total. The first-order chi connectivity index (χ1) is 15.7. The zero-order valence-corrected chi connectivity index (χ0v) is 19.0. The Balaban J connectivity index is 1.51. The number of hydrogen-bond acceptors (Lipinski definition) is 4. The molecule has 0 radical (unpaired) electrons. The SMILES string of the molecule is CC(=O)N1CCCc2cc(S(=O)(=O)N3CCC[C@@H](C(=O)Nc4ccc(F)cc4F)C3)ccc21. The van der Waals surface area contributed by atoms with E-state index in [4.69, 9.17) is 0 Å². The average molecular weight is 478 g/mol. The van der Waals surface area contributed by atoms with Crippen LogP contribution in [0.15, 0.2) is 41.3 Å². The summed E-state index contributed by atoms with van der Waals surface area (Å²) in [5.41, 5.74) is 1.38. The average Bonchev–Trinajstić information content (AvgIpc) is 2.80. The molecule has 0 unspecified atom stereocenters. The maximum atomic E-state index is 13.9. The lowest BCUT2D eigenvalue weighted by molar-refractivity contribution is -0.121.